The number of hydrogen-bond acceptors (Lipinski definition) is 4. The van der Waals surface area contributed by atoms with Gasteiger partial charge >= 0.3 is 0 Å². The van der Waals surface area contributed by atoms with Crippen LogP contribution in [0.25, 0.3) is 0 Å². The Morgan fingerprint density at radius 1 is 1.22 bits per heavy atom. The normalized spacial score (nSPS) is 12.5. The molecule has 8 heteroatoms. The highest BCUT2D eigenvalue weighted by Gasteiger charge is 2.20. The van der Waals surface area contributed by atoms with Gasteiger partial charge in [0, 0.05) is 23.3 Å². The molecule has 0 heterocycles. The molecule has 0 aromatic heterocycles. The van der Waals surface area contributed by atoms with Crippen molar-refractivity contribution in [3.05, 3.63) is 58.1 Å². The first-order valence-electron chi connectivity index (χ1n) is 8.34. The molecule has 0 aliphatic carbocycles. The Kier molecular flexibility index (Phi) is 6.51. The molecule has 0 saturated heterocycles. The maximum absolute atomic E-state index is 12.8. The van der Waals surface area contributed by atoms with Gasteiger partial charge in [-0.2, -0.15) is 0 Å². The molecule has 0 bridgehead atoms. The molecule has 146 valence electrons. The van der Waals surface area contributed by atoms with Crippen molar-refractivity contribution < 1.29 is 18.3 Å². The van der Waals surface area contributed by atoms with E-state index in [2.05, 4.69) is 4.72 Å². The number of benzene rings is 2. The molecule has 2 N–H and O–H groups in total. The summed E-state index contributed by atoms with van der Waals surface area (Å²) in [6.07, 6.45) is 0. The Morgan fingerprint density at radius 2 is 1.89 bits per heavy atom. The molecule has 1 unspecified atom stereocenters. The van der Waals surface area contributed by atoms with E-state index in [1.165, 1.54) is 17.0 Å². The van der Waals surface area contributed by atoms with Crippen LogP contribution in [0.4, 0.5) is 5.69 Å². The largest absolute Gasteiger partial charge is 0.394 e. The van der Waals surface area contributed by atoms with Crippen molar-refractivity contribution in [3.63, 3.8) is 0 Å². The summed E-state index contributed by atoms with van der Waals surface area (Å²) in [7, 11) is -2.26. The summed E-state index contributed by atoms with van der Waals surface area (Å²) in [6, 6.07) is 9.02. The van der Waals surface area contributed by atoms with E-state index < -0.39 is 10.0 Å². The van der Waals surface area contributed by atoms with Crippen LogP contribution in [0.1, 0.15) is 28.4 Å². The minimum Gasteiger partial charge on any atom is -0.394 e. The molecule has 0 fully saturated rings. The average molecular weight is 411 g/mol. The van der Waals surface area contributed by atoms with Gasteiger partial charge in [0.1, 0.15) is 0 Å². The number of likely N-dealkylation sites (N-methyl/N-ethyl adjacent to an activating group) is 1. The number of nitrogens with zero attached hydrogens (tertiary/aromatic N) is 1. The van der Waals surface area contributed by atoms with Crippen LogP contribution >= 0.6 is 11.6 Å². The third-order valence-electron chi connectivity index (χ3n) is 4.35. The number of halogens is 1. The van der Waals surface area contributed by atoms with Crippen molar-refractivity contribution >= 4 is 33.2 Å². The van der Waals surface area contributed by atoms with Crippen LogP contribution in [-0.2, 0) is 10.0 Å². The Hall–Kier alpha value is -2.09. The number of amides is 1. The van der Waals surface area contributed by atoms with E-state index in [-0.39, 0.29) is 29.1 Å². The predicted octanol–water partition coefficient (Wildman–Crippen LogP) is 3.21. The van der Waals surface area contributed by atoms with Gasteiger partial charge in [-0.25, -0.2) is 8.42 Å². The first kappa shape index (κ1) is 21.2. The molecule has 0 radical (unpaired) electrons. The van der Waals surface area contributed by atoms with Gasteiger partial charge < -0.3 is 10.0 Å². The molecule has 2 rings (SSSR count). The van der Waals surface area contributed by atoms with Gasteiger partial charge in [-0.1, -0.05) is 17.7 Å². The number of carbonyl (C=O) groups is 1. The van der Waals surface area contributed by atoms with Crippen LogP contribution in [0.15, 0.2) is 41.3 Å². The van der Waals surface area contributed by atoms with Crippen LogP contribution in [-0.4, -0.2) is 44.0 Å². The monoisotopic (exact) mass is 410 g/mol. The Labute approximate surface area is 164 Å². The van der Waals surface area contributed by atoms with Crippen LogP contribution < -0.4 is 4.72 Å². The quantitative estimate of drug-likeness (QED) is 0.765. The van der Waals surface area contributed by atoms with E-state index >= 15 is 0 Å². The van der Waals surface area contributed by atoms with Crippen molar-refractivity contribution in [1.82, 2.24) is 4.90 Å². The van der Waals surface area contributed by atoms with E-state index in [1.54, 1.807) is 52.1 Å². The zero-order chi connectivity index (χ0) is 20.4. The molecule has 0 aliphatic heterocycles. The molecule has 27 heavy (non-hydrogen) atoms. The first-order chi connectivity index (χ1) is 12.6. The van der Waals surface area contributed by atoms with Gasteiger partial charge in [-0.3, -0.25) is 9.52 Å². The number of hydrogen-bond donors (Lipinski definition) is 2. The van der Waals surface area contributed by atoms with Gasteiger partial charge in [0.15, 0.2) is 0 Å². The number of rotatable bonds is 6. The van der Waals surface area contributed by atoms with Crippen LogP contribution in [0.2, 0.25) is 5.02 Å². The highest BCUT2D eigenvalue weighted by molar-refractivity contribution is 7.92. The lowest BCUT2D eigenvalue weighted by Gasteiger charge is -2.23. The Balaban J connectivity index is 2.33. The van der Waals surface area contributed by atoms with Gasteiger partial charge in [-0.05, 0) is 62.2 Å². The Morgan fingerprint density at radius 3 is 2.52 bits per heavy atom. The van der Waals surface area contributed by atoms with Gasteiger partial charge in [0.05, 0.1) is 17.5 Å². The van der Waals surface area contributed by atoms with Gasteiger partial charge in [0.2, 0.25) is 0 Å². The van der Waals surface area contributed by atoms with Crippen molar-refractivity contribution in [2.24, 2.45) is 0 Å². The predicted molar refractivity (Wildman–Crippen MR) is 107 cm³/mol. The summed E-state index contributed by atoms with van der Waals surface area (Å²) in [5.41, 5.74) is 1.79. The minimum absolute atomic E-state index is 0.132. The highest BCUT2D eigenvalue weighted by Crippen LogP contribution is 2.26. The van der Waals surface area contributed by atoms with Gasteiger partial charge in [-0.15, -0.1) is 0 Å². The van der Waals surface area contributed by atoms with E-state index in [0.29, 0.717) is 21.7 Å². The number of aliphatic hydroxyl groups is 1. The number of aliphatic hydroxyl groups excluding tert-OH is 1. The molecule has 1 amide bonds. The second kappa shape index (κ2) is 8.29. The fraction of sp³-hybridized carbons (Fsp3) is 0.316. The third kappa shape index (κ3) is 4.80. The highest BCUT2D eigenvalue weighted by atomic mass is 35.5. The fourth-order valence-electron chi connectivity index (χ4n) is 2.50. The summed E-state index contributed by atoms with van der Waals surface area (Å²) >= 11 is 6.04. The maximum Gasteiger partial charge on any atom is 0.262 e. The van der Waals surface area contributed by atoms with Crippen LogP contribution in [0.5, 0.6) is 0 Å². The SMILES string of the molecule is Cc1cc(S(=O)(=O)Nc2cccc(C(=O)N(C)C(C)CO)c2)c(C)cc1Cl. The summed E-state index contributed by atoms with van der Waals surface area (Å²) in [6.45, 7) is 4.96. The standard InChI is InChI=1S/C19H23ClN2O4S/c1-12-9-18(13(2)8-17(12)20)27(25,26)21-16-7-5-6-15(10-16)19(24)22(4)14(3)11-23/h5-10,14,21,23H,11H2,1-4H3. The van der Waals surface area contributed by atoms with Crippen molar-refractivity contribution in [2.75, 3.05) is 18.4 Å². The molecule has 6 nitrogen and oxygen atoms in total. The molecule has 0 saturated carbocycles. The number of sulfonamides is 1. The maximum atomic E-state index is 12.8. The second-order valence-electron chi connectivity index (χ2n) is 6.50. The molecule has 2 aromatic carbocycles. The smallest absolute Gasteiger partial charge is 0.262 e. The first-order valence-corrected chi connectivity index (χ1v) is 10.2. The molecular formula is C19H23ClN2O4S. The van der Waals surface area contributed by atoms with Crippen LogP contribution in [0.3, 0.4) is 0 Å². The second-order valence-corrected chi connectivity index (χ2v) is 8.56. The summed E-state index contributed by atoms with van der Waals surface area (Å²) in [5.74, 6) is -0.309. The average Bonchev–Trinajstić information content (AvgIpc) is 2.62. The summed E-state index contributed by atoms with van der Waals surface area (Å²) in [4.78, 5) is 14.0. The van der Waals surface area contributed by atoms with Crippen LogP contribution in [0, 0.1) is 13.8 Å². The topological polar surface area (TPSA) is 86.7 Å². The molecule has 0 aliphatic rings. The molecule has 2 aromatic rings. The number of anilines is 1. The third-order valence-corrected chi connectivity index (χ3v) is 6.28. The molecule has 0 spiro atoms. The lowest BCUT2D eigenvalue weighted by Crippen LogP contribution is -2.37. The fourth-order valence-corrected chi connectivity index (χ4v) is 4.08. The summed E-state index contributed by atoms with van der Waals surface area (Å²) < 4.78 is 28.1. The lowest BCUT2D eigenvalue weighted by atomic mass is 10.1. The van der Waals surface area contributed by atoms with E-state index in [9.17, 15) is 18.3 Å². The zero-order valence-corrected chi connectivity index (χ0v) is 17.2. The van der Waals surface area contributed by atoms with E-state index in [1.807, 2.05) is 0 Å². The number of aryl methyl sites for hydroxylation is 2. The number of nitrogens with one attached hydrogen (secondary N) is 1. The lowest BCUT2D eigenvalue weighted by molar-refractivity contribution is 0.0682. The van der Waals surface area contributed by atoms with E-state index in [0.717, 1.165) is 0 Å². The van der Waals surface area contributed by atoms with Crippen molar-refractivity contribution in [3.8, 4) is 0 Å². The van der Waals surface area contributed by atoms with Gasteiger partial charge in [0.25, 0.3) is 15.9 Å². The van der Waals surface area contributed by atoms with Crippen molar-refractivity contribution in [1.29, 1.82) is 0 Å². The minimum atomic E-state index is -3.84. The Bertz CT molecular complexity index is 960. The molecule has 1 atom stereocenters. The summed E-state index contributed by atoms with van der Waals surface area (Å²) in [5, 5.41) is 9.71. The molecular weight excluding hydrogens is 388 g/mol. The van der Waals surface area contributed by atoms with Crippen molar-refractivity contribution in [2.45, 2.75) is 31.7 Å². The zero-order valence-electron chi connectivity index (χ0n) is 15.7. The van der Waals surface area contributed by atoms with E-state index in [4.69, 9.17) is 11.6 Å². The number of carbonyl (C=O) groups excluding carboxylic acids is 1.